The Balaban J connectivity index is 2.01. The van der Waals surface area contributed by atoms with Crippen LogP contribution in [-0.2, 0) is 16.1 Å². The number of halogens is 4. The normalized spacial score (nSPS) is 11.5. The van der Waals surface area contributed by atoms with E-state index in [2.05, 4.69) is 5.10 Å². The van der Waals surface area contributed by atoms with Crippen molar-refractivity contribution < 1.29 is 27.5 Å². The van der Waals surface area contributed by atoms with Gasteiger partial charge < -0.3 is 4.74 Å². The number of esters is 1. The molecule has 36 heavy (non-hydrogen) atoms. The third-order valence-corrected chi connectivity index (χ3v) is 6.31. The maximum absolute atomic E-state index is 13.6. The molecule has 0 bridgehead atoms. The van der Waals surface area contributed by atoms with Gasteiger partial charge in [-0.25, -0.2) is 4.79 Å². The summed E-state index contributed by atoms with van der Waals surface area (Å²) in [5.41, 5.74) is -0.530. The number of fused-ring (bicyclic) bond motifs is 1. The minimum atomic E-state index is -5.21. The van der Waals surface area contributed by atoms with Crippen LogP contribution in [0.5, 0.6) is 0 Å². The molecule has 0 aliphatic rings. The highest BCUT2D eigenvalue weighted by Gasteiger charge is 2.44. The Morgan fingerprint density at radius 2 is 1.86 bits per heavy atom. The Labute approximate surface area is 211 Å². The maximum Gasteiger partial charge on any atom is 0.471 e. The molecule has 0 fully saturated rings. The van der Waals surface area contributed by atoms with Gasteiger partial charge in [-0.1, -0.05) is 48.0 Å². The van der Waals surface area contributed by atoms with Crippen molar-refractivity contribution in [2.24, 2.45) is 0 Å². The first-order chi connectivity index (χ1) is 17.1. The van der Waals surface area contributed by atoms with Crippen LogP contribution in [0.2, 0.25) is 5.02 Å². The number of thiophene rings is 1. The third-order valence-electron chi connectivity index (χ3n) is 5.07. The van der Waals surface area contributed by atoms with E-state index in [1.807, 2.05) is 0 Å². The van der Waals surface area contributed by atoms with Crippen molar-refractivity contribution in [3.8, 4) is 5.69 Å². The predicted molar refractivity (Wildman–Crippen MR) is 130 cm³/mol. The molecule has 2 heterocycles. The van der Waals surface area contributed by atoms with Crippen LogP contribution >= 0.6 is 22.9 Å². The van der Waals surface area contributed by atoms with Crippen LogP contribution in [0.4, 0.5) is 18.2 Å². The van der Waals surface area contributed by atoms with Crippen LogP contribution in [0.3, 0.4) is 0 Å². The Bertz CT molecular complexity index is 1500. The predicted octanol–water partition coefficient (Wildman–Crippen LogP) is 5.37. The van der Waals surface area contributed by atoms with Crippen LogP contribution in [0.15, 0.2) is 64.8 Å². The molecule has 0 saturated heterocycles. The van der Waals surface area contributed by atoms with Gasteiger partial charge in [0.25, 0.3) is 5.56 Å². The minimum Gasteiger partial charge on any atom is -0.461 e. The van der Waals surface area contributed by atoms with Gasteiger partial charge in [-0.05, 0) is 30.7 Å². The molecule has 0 radical (unpaired) electrons. The number of rotatable bonds is 6. The van der Waals surface area contributed by atoms with E-state index >= 15 is 0 Å². The summed E-state index contributed by atoms with van der Waals surface area (Å²) >= 11 is 6.77. The van der Waals surface area contributed by atoms with Crippen molar-refractivity contribution in [3.63, 3.8) is 0 Å². The zero-order chi connectivity index (χ0) is 26.0. The first kappa shape index (κ1) is 25.4. The average Bonchev–Trinajstić information content (AvgIpc) is 3.28. The lowest BCUT2D eigenvalue weighted by molar-refractivity contribution is -0.170. The molecule has 0 atom stereocenters. The Hall–Kier alpha value is -3.70. The molecule has 0 spiro atoms. The fourth-order valence-corrected chi connectivity index (χ4v) is 4.75. The second-order valence-electron chi connectivity index (χ2n) is 7.47. The van der Waals surface area contributed by atoms with E-state index in [1.165, 1.54) is 17.5 Å². The molecule has 0 unspecified atom stereocenters. The topological polar surface area (TPSA) is 81.5 Å². The van der Waals surface area contributed by atoms with Crippen LogP contribution in [0, 0.1) is 0 Å². The van der Waals surface area contributed by atoms with E-state index in [1.54, 1.807) is 49.4 Å². The highest BCUT2D eigenvalue weighted by Crippen LogP contribution is 2.37. The van der Waals surface area contributed by atoms with E-state index in [-0.39, 0.29) is 38.8 Å². The second-order valence-corrected chi connectivity index (χ2v) is 8.76. The van der Waals surface area contributed by atoms with E-state index < -0.39 is 30.2 Å². The highest BCUT2D eigenvalue weighted by atomic mass is 35.5. The van der Waals surface area contributed by atoms with E-state index in [4.69, 9.17) is 16.3 Å². The smallest absolute Gasteiger partial charge is 0.461 e. The van der Waals surface area contributed by atoms with Gasteiger partial charge in [0, 0.05) is 15.8 Å². The lowest BCUT2D eigenvalue weighted by Crippen LogP contribution is -2.41. The number of nitrogens with zero attached hydrogens (tertiary/aromatic N) is 3. The molecule has 186 valence electrons. The lowest BCUT2D eigenvalue weighted by atomic mass is 10.2. The van der Waals surface area contributed by atoms with Gasteiger partial charge in [-0.2, -0.15) is 23.0 Å². The van der Waals surface area contributed by atoms with Crippen molar-refractivity contribution in [3.05, 3.63) is 86.6 Å². The van der Waals surface area contributed by atoms with Crippen LogP contribution in [-0.4, -0.2) is 34.4 Å². The van der Waals surface area contributed by atoms with Gasteiger partial charge in [-0.15, -0.1) is 11.3 Å². The summed E-state index contributed by atoms with van der Waals surface area (Å²) in [5, 5.41) is 5.15. The number of amides is 1. The fourth-order valence-electron chi connectivity index (χ4n) is 3.52. The summed E-state index contributed by atoms with van der Waals surface area (Å²) in [6.07, 6.45) is -5.21. The van der Waals surface area contributed by atoms with Crippen LogP contribution in [0.1, 0.15) is 23.0 Å². The van der Waals surface area contributed by atoms with Gasteiger partial charge in [0.2, 0.25) is 0 Å². The summed E-state index contributed by atoms with van der Waals surface area (Å²) in [6, 6.07) is 14.0. The molecule has 4 rings (SSSR count). The standard InChI is InChI=1S/C24H17ClF3N3O4S/c1-2-35-22(33)19-17-13-36-21(18(17)20(32)31(29-19)16-10-6-9-15(25)11-16)30(23(34)24(26,27)28)12-14-7-4-3-5-8-14/h3-11,13H,2,12H2,1H3. The molecule has 4 aromatic rings. The second kappa shape index (κ2) is 10.1. The van der Waals surface area contributed by atoms with Crippen LogP contribution in [0.25, 0.3) is 16.5 Å². The molecular formula is C24H17ClF3N3O4S. The number of hydrogen-bond donors (Lipinski definition) is 0. The summed E-state index contributed by atoms with van der Waals surface area (Å²) < 4.78 is 46.8. The number of carbonyl (C=O) groups is 2. The number of benzene rings is 2. The molecule has 7 nitrogen and oxygen atoms in total. The largest absolute Gasteiger partial charge is 0.471 e. The van der Waals surface area contributed by atoms with Gasteiger partial charge in [0.05, 0.1) is 24.2 Å². The van der Waals surface area contributed by atoms with E-state index in [9.17, 15) is 27.6 Å². The molecule has 1 amide bonds. The molecule has 0 aliphatic heterocycles. The van der Waals surface area contributed by atoms with E-state index in [0.29, 0.717) is 10.5 Å². The van der Waals surface area contributed by atoms with Crippen LogP contribution < -0.4 is 10.5 Å². The highest BCUT2D eigenvalue weighted by molar-refractivity contribution is 7.16. The molecule has 0 aliphatic carbocycles. The average molecular weight is 536 g/mol. The number of alkyl halides is 3. The number of anilines is 1. The quantitative estimate of drug-likeness (QED) is 0.310. The van der Waals surface area contributed by atoms with Gasteiger partial charge in [0.1, 0.15) is 5.00 Å². The number of carbonyl (C=O) groups excluding carboxylic acids is 2. The zero-order valence-electron chi connectivity index (χ0n) is 18.6. The molecule has 0 saturated carbocycles. The SMILES string of the molecule is CCOC(=O)c1nn(-c2cccc(Cl)c2)c(=O)c2c(N(Cc3ccccc3)C(=O)C(F)(F)F)scc12. The Morgan fingerprint density at radius 3 is 2.50 bits per heavy atom. The third kappa shape index (κ3) is 4.98. The number of ether oxygens (including phenoxy) is 1. The van der Waals surface area contributed by atoms with E-state index in [0.717, 1.165) is 16.0 Å². The summed E-state index contributed by atoms with van der Waals surface area (Å²) in [4.78, 5) is 39.3. The first-order valence-electron chi connectivity index (χ1n) is 10.5. The van der Waals surface area contributed by atoms with Crippen molar-refractivity contribution in [2.45, 2.75) is 19.6 Å². The molecular weight excluding hydrogens is 519 g/mol. The maximum atomic E-state index is 13.6. The Kier molecular flexibility index (Phi) is 7.14. The number of hydrogen-bond acceptors (Lipinski definition) is 6. The van der Waals surface area contributed by atoms with Crippen molar-refractivity contribution in [1.82, 2.24) is 9.78 Å². The molecule has 2 aromatic heterocycles. The monoisotopic (exact) mass is 535 g/mol. The summed E-state index contributed by atoms with van der Waals surface area (Å²) in [5.74, 6) is -3.03. The first-order valence-corrected chi connectivity index (χ1v) is 11.8. The summed E-state index contributed by atoms with van der Waals surface area (Å²) in [6.45, 7) is 1.12. The lowest BCUT2D eigenvalue weighted by Gasteiger charge is -2.23. The van der Waals surface area contributed by atoms with Crippen molar-refractivity contribution in [1.29, 1.82) is 0 Å². The summed E-state index contributed by atoms with van der Waals surface area (Å²) in [7, 11) is 0. The Morgan fingerprint density at radius 1 is 1.14 bits per heavy atom. The minimum absolute atomic E-state index is 0.00197. The van der Waals surface area contributed by atoms with Crippen molar-refractivity contribution >= 4 is 50.6 Å². The number of aromatic nitrogens is 2. The van der Waals surface area contributed by atoms with Gasteiger partial charge in [-0.3, -0.25) is 14.5 Å². The molecule has 0 N–H and O–H groups in total. The fraction of sp³-hybridized carbons (Fsp3) is 0.167. The molecule has 12 heteroatoms. The van der Waals surface area contributed by atoms with Gasteiger partial charge >= 0.3 is 18.1 Å². The van der Waals surface area contributed by atoms with Crippen molar-refractivity contribution in [2.75, 3.05) is 11.5 Å². The van der Waals surface area contributed by atoms with Gasteiger partial charge in [0.15, 0.2) is 5.69 Å². The molecule has 2 aromatic carbocycles. The zero-order valence-corrected chi connectivity index (χ0v) is 20.2.